The second kappa shape index (κ2) is 9.92. The van der Waals surface area contributed by atoms with Crippen molar-refractivity contribution in [3.05, 3.63) is 52.9 Å². The number of ether oxygens (including phenoxy) is 2. The highest BCUT2D eigenvalue weighted by Gasteiger charge is 2.45. The van der Waals surface area contributed by atoms with Crippen molar-refractivity contribution in [2.75, 3.05) is 46.3 Å². The summed E-state index contributed by atoms with van der Waals surface area (Å²) in [6, 6.07) is 8.73. The highest BCUT2D eigenvalue weighted by atomic mass is 32.3. The summed E-state index contributed by atoms with van der Waals surface area (Å²) >= 11 is 0. The van der Waals surface area contributed by atoms with E-state index in [0.29, 0.717) is 32.4 Å². The van der Waals surface area contributed by atoms with Gasteiger partial charge < -0.3 is 9.47 Å². The van der Waals surface area contributed by atoms with E-state index < -0.39 is 10.1 Å². The lowest BCUT2D eigenvalue weighted by Gasteiger charge is -2.49. The predicted octanol–water partition coefficient (Wildman–Crippen LogP) is 4.68. The zero-order valence-electron chi connectivity index (χ0n) is 22.5. The van der Waals surface area contributed by atoms with E-state index in [9.17, 15) is 4.21 Å². The largest absolute Gasteiger partial charge is 0.382 e. The Labute approximate surface area is 212 Å². The van der Waals surface area contributed by atoms with Gasteiger partial charge in [0, 0.05) is 42.8 Å². The van der Waals surface area contributed by atoms with E-state index in [1.165, 1.54) is 22.4 Å². The summed E-state index contributed by atoms with van der Waals surface area (Å²) in [5.41, 5.74) is 4.99. The molecule has 1 saturated heterocycles. The molecule has 1 aromatic heterocycles. The highest BCUT2D eigenvalue weighted by Crippen LogP contribution is 2.46. The minimum absolute atomic E-state index is 0.0743. The number of aromatic nitrogens is 2. The van der Waals surface area contributed by atoms with Gasteiger partial charge in [0.05, 0.1) is 31.7 Å². The number of thiol groups is 1. The number of benzene rings is 1. The van der Waals surface area contributed by atoms with Gasteiger partial charge in [-0.1, -0.05) is 38.5 Å². The van der Waals surface area contributed by atoms with Crippen LogP contribution in [0.15, 0.2) is 40.9 Å². The van der Waals surface area contributed by atoms with Crippen molar-refractivity contribution in [1.82, 2.24) is 14.1 Å². The lowest BCUT2D eigenvalue weighted by Crippen LogP contribution is -2.53. The summed E-state index contributed by atoms with van der Waals surface area (Å²) in [4.78, 5) is 0.928. The van der Waals surface area contributed by atoms with Gasteiger partial charge in [-0.3, -0.25) is 8.89 Å². The molecule has 0 amide bonds. The zero-order chi connectivity index (χ0) is 25.4. The average molecular weight is 502 g/mol. The quantitative estimate of drug-likeness (QED) is 0.422. The Morgan fingerprint density at radius 2 is 1.89 bits per heavy atom. The minimum atomic E-state index is -2.73. The van der Waals surface area contributed by atoms with Crippen LogP contribution in [0.2, 0.25) is 0 Å². The van der Waals surface area contributed by atoms with Crippen LogP contribution >= 0.6 is 0 Å². The molecule has 0 spiro atoms. The number of nitrogens with zero attached hydrogens (tertiary/aromatic N) is 3. The Bertz CT molecular complexity index is 1110. The molecule has 1 fully saturated rings. The van der Waals surface area contributed by atoms with E-state index >= 15 is 0 Å². The molecule has 2 heterocycles. The van der Waals surface area contributed by atoms with Gasteiger partial charge in [-0.15, -0.1) is 0 Å². The summed E-state index contributed by atoms with van der Waals surface area (Å²) in [6.45, 7) is 14.2. The van der Waals surface area contributed by atoms with Gasteiger partial charge in [0.15, 0.2) is 0 Å². The number of methoxy groups -OCH3 is 1. The van der Waals surface area contributed by atoms with E-state index in [1.807, 2.05) is 12.5 Å². The smallest absolute Gasteiger partial charge is 0.0700 e. The molecule has 35 heavy (non-hydrogen) atoms. The monoisotopic (exact) mass is 501 g/mol. The van der Waals surface area contributed by atoms with Crippen molar-refractivity contribution in [2.45, 2.75) is 63.8 Å². The van der Waals surface area contributed by atoms with Crippen LogP contribution in [0.4, 0.5) is 0 Å². The molecule has 0 unspecified atom stereocenters. The Balaban J connectivity index is 1.64. The van der Waals surface area contributed by atoms with E-state index in [4.69, 9.17) is 9.47 Å². The van der Waals surface area contributed by atoms with Gasteiger partial charge in [0.2, 0.25) is 0 Å². The fraction of sp³-hybridized carbons (Fsp3) is 0.607. The van der Waals surface area contributed by atoms with Gasteiger partial charge in [-0.25, -0.2) is 4.31 Å². The Morgan fingerprint density at radius 1 is 1.17 bits per heavy atom. The zero-order valence-corrected chi connectivity index (χ0v) is 23.4. The maximum Gasteiger partial charge on any atom is 0.0700 e. The maximum atomic E-state index is 14.3. The third-order valence-electron chi connectivity index (χ3n) is 7.61. The standard InChI is InChI=1S/C28H43N3O3S/c1-21(2)31-26-16-24-12-13-30(35(7,32)25-10-8-23(9-11-25)27(3,4)5)19-28(24,17-22(26)18-29-31)20-34-15-14-33-6/h8-11,16,18,21,35H,12-15,17,19-20H2,1-7H3/t28-/m1/s1. The van der Waals surface area contributed by atoms with E-state index in [2.05, 4.69) is 79.0 Å². The molecule has 194 valence electrons. The van der Waals surface area contributed by atoms with Crippen molar-refractivity contribution >= 4 is 16.2 Å². The first-order valence-corrected chi connectivity index (χ1v) is 14.9. The molecule has 2 aromatic rings. The molecule has 0 saturated carbocycles. The van der Waals surface area contributed by atoms with Crippen molar-refractivity contribution in [3.63, 3.8) is 0 Å². The second-order valence-electron chi connectivity index (χ2n) is 11.6. The molecule has 1 atom stereocenters. The maximum absolute atomic E-state index is 14.3. The Hall–Kier alpha value is -1.80. The fourth-order valence-electron chi connectivity index (χ4n) is 5.41. The van der Waals surface area contributed by atoms with Crippen LogP contribution < -0.4 is 0 Å². The van der Waals surface area contributed by atoms with Gasteiger partial charge in [-0.05, 0) is 71.6 Å². The van der Waals surface area contributed by atoms with E-state index in [-0.39, 0.29) is 10.8 Å². The number of fused-ring (bicyclic) bond motifs is 2. The van der Waals surface area contributed by atoms with Crippen molar-refractivity contribution in [3.8, 4) is 0 Å². The molecule has 0 bridgehead atoms. The van der Waals surface area contributed by atoms with Crippen molar-refractivity contribution in [2.24, 2.45) is 5.41 Å². The third-order valence-corrected chi connectivity index (χ3v) is 10.3. The molecular formula is C28H43N3O3S. The normalized spacial score (nSPS) is 21.5. The molecule has 0 radical (unpaired) electrons. The molecule has 1 aliphatic carbocycles. The van der Waals surface area contributed by atoms with Crippen LogP contribution in [-0.4, -0.2) is 64.6 Å². The summed E-state index contributed by atoms with van der Waals surface area (Å²) in [7, 11) is -1.04. The first kappa shape index (κ1) is 26.3. The average Bonchev–Trinajstić information content (AvgIpc) is 3.22. The van der Waals surface area contributed by atoms with Gasteiger partial charge in [-0.2, -0.15) is 5.10 Å². The fourth-order valence-corrected chi connectivity index (χ4v) is 7.46. The molecule has 2 aliphatic rings. The predicted molar refractivity (Wildman–Crippen MR) is 144 cm³/mol. The van der Waals surface area contributed by atoms with Crippen molar-refractivity contribution in [1.29, 1.82) is 0 Å². The third kappa shape index (κ3) is 5.19. The molecule has 1 aromatic carbocycles. The lowest BCUT2D eigenvalue weighted by atomic mass is 9.69. The van der Waals surface area contributed by atoms with Crippen LogP contribution in [0.25, 0.3) is 6.08 Å². The first-order chi connectivity index (χ1) is 16.5. The van der Waals surface area contributed by atoms with Crippen molar-refractivity contribution < 1.29 is 13.7 Å². The molecule has 6 nitrogen and oxygen atoms in total. The summed E-state index contributed by atoms with van der Waals surface area (Å²) in [6.07, 6.45) is 8.01. The van der Waals surface area contributed by atoms with Crippen LogP contribution in [0.1, 0.15) is 63.9 Å². The van der Waals surface area contributed by atoms with Gasteiger partial charge in [0.25, 0.3) is 0 Å². The molecule has 4 rings (SSSR count). The second-order valence-corrected chi connectivity index (χ2v) is 14.4. The summed E-state index contributed by atoms with van der Waals surface area (Å²) in [5, 5.41) is 4.68. The minimum Gasteiger partial charge on any atom is -0.382 e. The number of hydrogen-bond acceptors (Lipinski definition) is 4. The highest BCUT2D eigenvalue weighted by molar-refractivity contribution is 8.00. The SMILES string of the molecule is COCCOC[C@]12Cc3cnn(C(C)C)c3C=C1CCN([SH](C)(=O)c1ccc(C(C)(C)C)cc1)C2. The molecule has 0 N–H and O–H groups in total. The Morgan fingerprint density at radius 3 is 2.51 bits per heavy atom. The van der Waals surface area contributed by atoms with Gasteiger partial charge in [0.1, 0.15) is 0 Å². The van der Waals surface area contributed by atoms with Crippen LogP contribution in [0.3, 0.4) is 0 Å². The lowest BCUT2D eigenvalue weighted by molar-refractivity contribution is 0.0149. The topological polar surface area (TPSA) is 56.6 Å². The number of hydrogen-bond donors (Lipinski definition) is 1. The number of piperidine rings is 1. The number of rotatable bonds is 8. The summed E-state index contributed by atoms with van der Waals surface area (Å²) < 4.78 is 30.0. The molecular weight excluding hydrogens is 458 g/mol. The van der Waals surface area contributed by atoms with Crippen LogP contribution in [0.5, 0.6) is 0 Å². The van der Waals surface area contributed by atoms with Gasteiger partial charge >= 0.3 is 0 Å². The molecule has 7 heteroatoms. The first-order valence-electron chi connectivity index (χ1n) is 12.8. The van der Waals surface area contributed by atoms with Crippen LogP contribution in [-0.2, 0) is 31.4 Å². The van der Waals surface area contributed by atoms with E-state index in [1.54, 1.807) is 7.11 Å². The van der Waals surface area contributed by atoms with E-state index in [0.717, 1.165) is 24.3 Å². The van der Waals surface area contributed by atoms with Crippen LogP contribution in [0, 0.1) is 5.41 Å². The molecule has 1 aliphatic heterocycles. The summed E-state index contributed by atoms with van der Waals surface area (Å²) in [5.74, 6) is 0. The Kier molecular flexibility index (Phi) is 7.45.